The van der Waals surface area contributed by atoms with E-state index in [9.17, 15) is 45.6 Å². The third-order valence-corrected chi connectivity index (χ3v) is 14.8. The van der Waals surface area contributed by atoms with E-state index in [1.165, 1.54) is 89.9 Å². The molecule has 2 aliphatic heterocycles. The van der Waals surface area contributed by atoms with Gasteiger partial charge in [0.1, 0.15) is 48.8 Å². The number of nitrogens with one attached hydrogen (secondary N) is 1. The third kappa shape index (κ3) is 35.1. The minimum Gasteiger partial charge on any atom is -0.394 e. The Morgan fingerprint density at radius 3 is 1.32 bits per heavy atom. The zero-order valence-electron chi connectivity index (χ0n) is 49.5. The molecule has 2 heterocycles. The van der Waals surface area contributed by atoms with Gasteiger partial charge in [0.15, 0.2) is 12.6 Å². The van der Waals surface area contributed by atoms with Gasteiger partial charge in [-0.1, -0.05) is 233 Å². The van der Waals surface area contributed by atoms with Gasteiger partial charge in [-0.3, -0.25) is 4.79 Å². The predicted molar refractivity (Wildman–Crippen MR) is 323 cm³/mol. The van der Waals surface area contributed by atoms with Crippen LogP contribution in [-0.4, -0.2) is 140 Å². The van der Waals surface area contributed by atoms with Gasteiger partial charge in [0.2, 0.25) is 5.91 Å². The van der Waals surface area contributed by atoms with Gasteiger partial charge in [-0.15, -0.1) is 0 Å². The topological polar surface area (TPSA) is 228 Å². The van der Waals surface area contributed by atoms with E-state index in [1.807, 2.05) is 6.08 Å². The van der Waals surface area contributed by atoms with Crippen LogP contribution < -0.4 is 5.32 Å². The minimum absolute atomic E-state index is 0.254. The number of allylic oxidation sites excluding steroid dienone is 15. The standard InChI is InChI=1S/C66H113NO13/c1-3-5-7-9-11-13-15-17-19-21-22-23-24-25-26-27-28-29-30-31-32-34-36-38-40-42-44-46-48-50-58(71)67-54(55(70)49-47-45-43-41-39-37-35-33-20-18-16-14-12-10-8-6-4-2)53-77-65-63(76)61(74)64(57(52-69)79-65)80-66-62(75)60(73)59(72)56(51-68)78-66/h5,7,11,13,17,19,22-23,25-26,28-29,31-32,47,49,54-57,59-66,68-70,72-76H,3-4,6,8-10,12,14-16,18,20-21,24,27,30,33-46,48,50-53H2,1-2H3,(H,67,71)/b7-5-,13-11-,19-17-,23-22-,26-25-,29-28-,32-31-,49-47+. The number of carbonyl (C=O) groups is 1. The Bertz CT molecular complexity index is 1710. The van der Waals surface area contributed by atoms with Crippen molar-refractivity contribution in [3.8, 4) is 0 Å². The van der Waals surface area contributed by atoms with Crippen molar-refractivity contribution in [3.63, 3.8) is 0 Å². The maximum absolute atomic E-state index is 13.3. The van der Waals surface area contributed by atoms with Gasteiger partial charge in [0.25, 0.3) is 0 Å². The molecule has 0 radical (unpaired) electrons. The average Bonchev–Trinajstić information content (AvgIpc) is 3.46. The van der Waals surface area contributed by atoms with Crippen molar-refractivity contribution in [2.45, 2.75) is 293 Å². The van der Waals surface area contributed by atoms with Gasteiger partial charge < -0.3 is 65.1 Å². The van der Waals surface area contributed by atoms with Crippen LogP contribution in [0.3, 0.4) is 0 Å². The molecule has 80 heavy (non-hydrogen) atoms. The Labute approximate surface area is 483 Å². The van der Waals surface area contributed by atoms with Crippen LogP contribution in [0.1, 0.15) is 219 Å². The molecule has 12 unspecified atom stereocenters. The highest BCUT2D eigenvalue weighted by Crippen LogP contribution is 2.30. The first kappa shape index (κ1) is 73.0. The number of rotatable bonds is 49. The summed E-state index contributed by atoms with van der Waals surface area (Å²) in [6.07, 6.45) is 52.9. The van der Waals surface area contributed by atoms with Crippen LogP contribution in [0.5, 0.6) is 0 Å². The number of amides is 1. The van der Waals surface area contributed by atoms with Crippen LogP contribution >= 0.6 is 0 Å². The van der Waals surface area contributed by atoms with Crippen LogP contribution in [-0.2, 0) is 23.7 Å². The molecule has 2 rings (SSSR count). The lowest BCUT2D eigenvalue weighted by molar-refractivity contribution is -0.359. The first-order valence-corrected chi connectivity index (χ1v) is 31.5. The maximum Gasteiger partial charge on any atom is 0.220 e. The van der Waals surface area contributed by atoms with Gasteiger partial charge in [-0.05, 0) is 77.0 Å². The number of aliphatic hydroxyl groups excluding tert-OH is 8. The Morgan fingerprint density at radius 2 is 0.863 bits per heavy atom. The highest BCUT2D eigenvalue weighted by Gasteiger charge is 2.51. The maximum atomic E-state index is 13.3. The Balaban J connectivity index is 1.73. The second-order valence-electron chi connectivity index (χ2n) is 21.8. The quantitative estimate of drug-likeness (QED) is 0.0204. The second kappa shape index (κ2) is 50.4. The van der Waals surface area contributed by atoms with E-state index < -0.39 is 86.8 Å². The molecular formula is C66H113NO13. The zero-order valence-corrected chi connectivity index (χ0v) is 49.5. The summed E-state index contributed by atoms with van der Waals surface area (Å²) in [4.78, 5) is 13.3. The fourth-order valence-electron chi connectivity index (χ4n) is 9.74. The lowest BCUT2D eigenvalue weighted by Crippen LogP contribution is -2.65. The third-order valence-electron chi connectivity index (χ3n) is 14.8. The number of hydrogen-bond acceptors (Lipinski definition) is 13. The molecule has 0 aliphatic carbocycles. The highest BCUT2D eigenvalue weighted by molar-refractivity contribution is 5.76. The molecule has 0 bridgehead atoms. The molecule has 2 saturated heterocycles. The molecule has 2 fully saturated rings. The first-order chi connectivity index (χ1) is 39.1. The number of ether oxygens (including phenoxy) is 4. The van der Waals surface area contributed by atoms with Crippen molar-refractivity contribution in [3.05, 3.63) is 97.2 Å². The molecule has 14 heteroatoms. The van der Waals surface area contributed by atoms with E-state index in [1.54, 1.807) is 6.08 Å². The lowest BCUT2D eigenvalue weighted by Gasteiger charge is -2.46. The van der Waals surface area contributed by atoms with E-state index >= 15 is 0 Å². The summed E-state index contributed by atoms with van der Waals surface area (Å²) in [5.41, 5.74) is 0. The molecule has 2 aliphatic rings. The molecule has 0 spiro atoms. The van der Waals surface area contributed by atoms with Crippen LogP contribution in [0.15, 0.2) is 97.2 Å². The fourth-order valence-corrected chi connectivity index (χ4v) is 9.74. The van der Waals surface area contributed by atoms with E-state index in [2.05, 4.69) is 104 Å². The number of carbonyl (C=O) groups excluding carboxylic acids is 1. The van der Waals surface area contributed by atoms with Gasteiger partial charge in [0, 0.05) is 6.42 Å². The van der Waals surface area contributed by atoms with Crippen molar-refractivity contribution in [1.29, 1.82) is 0 Å². The van der Waals surface area contributed by atoms with Crippen LogP contribution in [0.2, 0.25) is 0 Å². The number of hydrogen-bond donors (Lipinski definition) is 9. The summed E-state index contributed by atoms with van der Waals surface area (Å²) in [5, 5.41) is 87.2. The number of aliphatic hydroxyl groups is 8. The molecule has 0 aromatic rings. The average molecular weight is 1130 g/mol. The van der Waals surface area contributed by atoms with Gasteiger partial charge in [0.05, 0.1) is 32.0 Å². The van der Waals surface area contributed by atoms with Gasteiger partial charge >= 0.3 is 0 Å². The molecule has 0 aromatic carbocycles. The normalized spacial score (nSPS) is 24.9. The van der Waals surface area contributed by atoms with Crippen molar-refractivity contribution >= 4 is 5.91 Å². The molecule has 9 N–H and O–H groups in total. The SMILES string of the molecule is CC/C=C\C/C=C\C/C=C\C/C=C\C/C=C\C/C=C\C/C=C\CCCCCCCCCC(=O)NC(COC1OC(CO)C(OC2OC(CO)C(O)C(O)C2O)C(O)C1O)C(O)/C=C/CCCCCCCCCCCCCCCCC. The summed E-state index contributed by atoms with van der Waals surface area (Å²) in [7, 11) is 0. The molecule has 460 valence electrons. The molecule has 14 nitrogen and oxygen atoms in total. The first-order valence-electron chi connectivity index (χ1n) is 31.5. The van der Waals surface area contributed by atoms with Crippen molar-refractivity contribution in [2.24, 2.45) is 0 Å². The molecule has 1 amide bonds. The summed E-state index contributed by atoms with van der Waals surface area (Å²) >= 11 is 0. The van der Waals surface area contributed by atoms with E-state index in [0.29, 0.717) is 6.42 Å². The number of unbranched alkanes of at least 4 members (excludes halogenated alkanes) is 22. The molecule has 0 saturated carbocycles. The van der Waals surface area contributed by atoms with Gasteiger partial charge in [-0.2, -0.15) is 0 Å². The zero-order chi connectivity index (χ0) is 58.1. The highest BCUT2D eigenvalue weighted by atomic mass is 16.7. The van der Waals surface area contributed by atoms with Crippen molar-refractivity contribution < 1.29 is 64.6 Å². The Morgan fingerprint density at radius 1 is 0.463 bits per heavy atom. The predicted octanol–water partition coefficient (Wildman–Crippen LogP) is 11.4. The van der Waals surface area contributed by atoms with Crippen molar-refractivity contribution in [2.75, 3.05) is 19.8 Å². The van der Waals surface area contributed by atoms with Crippen LogP contribution in [0, 0.1) is 0 Å². The van der Waals surface area contributed by atoms with Gasteiger partial charge in [-0.25, -0.2) is 0 Å². The smallest absolute Gasteiger partial charge is 0.220 e. The van der Waals surface area contributed by atoms with Crippen LogP contribution in [0.4, 0.5) is 0 Å². The summed E-state index contributed by atoms with van der Waals surface area (Å²) in [5.74, 6) is -0.254. The van der Waals surface area contributed by atoms with E-state index in [4.69, 9.17) is 18.9 Å². The molecule has 12 atom stereocenters. The minimum atomic E-state index is -1.79. The second-order valence-corrected chi connectivity index (χ2v) is 21.8. The summed E-state index contributed by atoms with van der Waals surface area (Å²) < 4.78 is 22.8. The summed E-state index contributed by atoms with van der Waals surface area (Å²) in [6.45, 7) is 2.67. The summed E-state index contributed by atoms with van der Waals surface area (Å²) in [6, 6.07) is -0.928. The lowest BCUT2D eigenvalue weighted by atomic mass is 9.97. The monoisotopic (exact) mass is 1130 g/mol. The van der Waals surface area contributed by atoms with Crippen LogP contribution in [0.25, 0.3) is 0 Å². The van der Waals surface area contributed by atoms with E-state index in [-0.39, 0.29) is 18.9 Å². The van der Waals surface area contributed by atoms with E-state index in [0.717, 1.165) is 103 Å². The Kier molecular flexibility index (Phi) is 46.0. The largest absolute Gasteiger partial charge is 0.394 e. The Hall–Kier alpha value is -3.09. The fraction of sp³-hybridized carbons (Fsp3) is 0.742. The van der Waals surface area contributed by atoms with Crippen molar-refractivity contribution in [1.82, 2.24) is 5.32 Å². The molecule has 0 aromatic heterocycles. The molecular weight excluding hydrogens is 1010 g/mol.